The summed E-state index contributed by atoms with van der Waals surface area (Å²) in [5.74, 6) is 0. The fraction of sp³-hybridized carbons (Fsp3) is 1.00. The maximum atomic E-state index is 10.1. The van der Waals surface area contributed by atoms with Crippen molar-refractivity contribution in [1.82, 2.24) is 4.90 Å². The molecule has 0 aromatic heterocycles. The molecule has 0 radical (unpaired) electrons. The Hall–Kier alpha value is 0.0700. The van der Waals surface area contributed by atoms with Crippen molar-refractivity contribution in [2.24, 2.45) is 0 Å². The molecule has 0 aromatic rings. The average molecular weight is 211 g/mol. The highest BCUT2D eigenvalue weighted by Crippen LogP contribution is 2.40. The van der Waals surface area contributed by atoms with Crippen LogP contribution in [-0.4, -0.2) is 44.2 Å². The quantitative estimate of drug-likeness (QED) is 0.693. The Labute approximate surface area is 79.3 Å². The van der Waals surface area contributed by atoms with Gasteiger partial charge in [-0.05, 0) is 33.0 Å². The van der Waals surface area contributed by atoms with Crippen molar-refractivity contribution in [3.63, 3.8) is 0 Å². The Morgan fingerprint density at radius 3 is 1.69 bits per heavy atom. The maximum absolute atomic E-state index is 10.1. The highest BCUT2D eigenvalue weighted by molar-refractivity contribution is 7.47. The van der Waals surface area contributed by atoms with Crippen LogP contribution in [0.3, 0.4) is 0 Å². The van der Waals surface area contributed by atoms with Crippen molar-refractivity contribution < 1.29 is 18.5 Å². The van der Waals surface area contributed by atoms with Gasteiger partial charge in [0.2, 0.25) is 0 Å². The third kappa shape index (κ3) is 7.16. The summed E-state index contributed by atoms with van der Waals surface area (Å²) in [6.45, 7) is 2.64. The van der Waals surface area contributed by atoms with Crippen LogP contribution in [0.4, 0.5) is 0 Å². The van der Waals surface area contributed by atoms with Crippen molar-refractivity contribution in [3.8, 4) is 0 Å². The molecule has 1 rings (SSSR count). The Morgan fingerprint density at radius 1 is 1.23 bits per heavy atom. The van der Waals surface area contributed by atoms with E-state index in [1.54, 1.807) is 0 Å². The predicted molar refractivity (Wildman–Crippen MR) is 50.6 cm³/mol. The van der Waals surface area contributed by atoms with Gasteiger partial charge < -0.3 is 9.79 Å². The second-order valence-corrected chi connectivity index (χ2v) is 4.51. The van der Waals surface area contributed by atoms with Crippen LogP contribution in [0.15, 0.2) is 0 Å². The van der Waals surface area contributed by atoms with E-state index in [2.05, 4.69) is 21.0 Å². The van der Waals surface area contributed by atoms with Crippen molar-refractivity contribution in [2.75, 3.05) is 34.4 Å². The van der Waals surface area contributed by atoms with Crippen LogP contribution < -0.4 is 0 Å². The predicted octanol–water partition coefficient (Wildman–Crippen LogP) is 1.09. The van der Waals surface area contributed by atoms with Crippen LogP contribution >= 0.6 is 7.82 Å². The average Bonchev–Trinajstić information content (AvgIpc) is 2.57. The van der Waals surface area contributed by atoms with Crippen LogP contribution in [0.25, 0.3) is 0 Å². The van der Waals surface area contributed by atoms with Gasteiger partial charge in [0.05, 0.1) is 0 Å². The van der Waals surface area contributed by atoms with Crippen molar-refractivity contribution >= 4 is 7.82 Å². The van der Waals surface area contributed by atoms with E-state index in [0.29, 0.717) is 0 Å². The van der Waals surface area contributed by atoms with Crippen molar-refractivity contribution in [1.29, 1.82) is 0 Å². The number of nitrogens with zero attached hydrogens (tertiary/aromatic N) is 1. The zero-order valence-corrected chi connectivity index (χ0v) is 9.29. The summed E-state index contributed by atoms with van der Waals surface area (Å²) in [5, 5.41) is 0. The van der Waals surface area contributed by atoms with Gasteiger partial charge >= 0.3 is 7.82 Å². The Bertz CT molecular complexity index is 162. The van der Waals surface area contributed by atoms with Crippen LogP contribution in [0.2, 0.25) is 0 Å². The fourth-order valence-electron chi connectivity index (χ4n) is 0.950. The van der Waals surface area contributed by atoms with Gasteiger partial charge in [-0.2, -0.15) is 0 Å². The van der Waals surface area contributed by atoms with Gasteiger partial charge in [0, 0.05) is 14.2 Å². The van der Waals surface area contributed by atoms with E-state index in [9.17, 15) is 4.57 Å². The molecule has 0 aromatic carbocycles. The molecule has 0 aliphatic carbocycles. The van der Waals surface area contributed by atoms with Gasteiger partial charge in [-0.15, -0.1) is 0 Å². The lowest BCUT2D eigenvalue weighted by Gasteiger charge is -2.01. The number of hydrogen-bond donors (Lipinski definition) is 1. The topological polar surface area (TPSA) is 59.0 Å². The molecule has 5 nitrogen and oxygen atoms in total. The van der Waals surface area contributed by atoms with Crippen LogP contribution in [0, 0.1) is 0 Å². The Kier molecular flexibility index (Phi) is 6.55. The van der Waals surface area contributed by atoms with Crippen LogP contribution in [-0.2, 0) is 13.6 Å². The van der Waals surface area contributed by atoms with E-state index in [0.717, 1.165) is 14.2 Å². The molecule has 13 heavy (non-hydrogen) atoms. The minimum absolute atomic E-state index is 1.10. The van der Waals surface area contributed by atoms with E-state index in [1.807, 2.05) is 0 Å². The van der Waals surface area contributed by atoms with E-state index >= 15 is 0 Å². The van der Waals surface area contributed by atoms with Crippen LogP contribution in [0.5, 0.6) is 0 Å². The first kappa shape index (κ1) is 13.1. The number of likely N-dealkylation sites (tertiary alicyclic amines) is 1. The van der Waals surface area contributed by atoms with Gasteiger partial charge in [0.1, 0.15) is 0 Å². The molecule has 1 heterocycles. The van der Waals surface area contributed by atoms with Gasteiger partial charge in [-0.3, -0.25) is 9.05 Å². The number of phosphoric ester groups is 1. The molecular formula is C7H18NO4P. The van der Waals surface area contributed by atoms with E-state index < -0.39 is 7.82 Å². The molecule has 1 aliphatic heterocycles. The van der Waals surface area contributed by atoms with Gasteiger partial charge in [-0.1, -0.05) is 0 Å². The first-order chi connectivity index (χ1) is 6.02. The minimum atomic E-state index is -3.65. The molecule has 0 saturated carbocycles. The molecule has 0 spiro atoms. The lowest BCUT2D eigenvalue weighted by molar-refractivity contribution is 0.204. The summed E-state index contributed by atoms with van der Waals surface area (Å²) in [5.41, 5.74) is 0. The molecule has 1 aliphatic rings. The van der Waals surface area contributed by atoms with Gasteiger partial charge in [0.25, 0.3) is 0 Å². The monoisotopic (exact) mass is 211 g/mol. The highest BCUT2D eigenvalue weighted by Gasteiger charge is 2.13. The molecular weight excluding hydrogens is 193 g/mol. The van der Waals surface area contributed by atoms with E-state index in [-0.39, 0.29) is 0 Å². The summed E-state index contributed by atoms with van der Waals surface area (Å²) in [7, 11) is 0.722. The molecule has 1 fully saturated rings. The van der Waals surface area contributed by atoms with Crippen molar-refractivity contribution in [3.05, 3.63) is 0 Å². The third-order valence-electron chi connectivity index (χ3n) is 1.79. The SMILES string of the molecule is CN1CCCC1.COP(=O)(O)OC. The zero-order chi connectivity index (χ0) is 10.3. The normalized spacial score (nSPS) is 18.2. The summed E-state index contributed by atoms with van der Waals surface area (Å²) in [6, 6.07) is 0. The van der Waals surface area contributed by atoms with Crippen LogP contribution in [0.1, 0.15) is 12.8 Å². The Balaban J connectivity index is 0.000000223. The molecule has 0 bridgehead atoms. The van der Waals surface area contributed by atoms with E-state index in [4.69, 9.17) is 4.89 Å². The minimum Gasteiger partial charge on any atom is -0.306 e. The Morgan fingerprint density at radius 2 is 1.62 bits per heavy atom. The number of phosphoric acid groups is 1. The smallest absolute Gasteiger partial charge is 0.306 e. The second-order valence-electron chi connectivity index (χ2n) is 2.84. The van der Waals surface area contributed by atoms with Gasteiger partial charge in [-0.25, -0.2) is 4.57 Å². The standard InChI is InChI=1S/C5H11N.C2H7O4P/c1-6-4-2-3-5-6;1-5-7(3,4)6-2/h2-5H2,1H3;1-2H3,(H,3,4). The summed E-state index contributed by atoms with van der Waals surface area (Å²) < 4.78 is 18.0. The molecule has 1 saturated heterocycles. The third-order valence-corrected chi connectivity index (χ3v) is 2.71. The second kappa shape index (κ2) is 6.51. The summed E-state index contributed by atoms with van der Waals surface area (Å²) >= 11 is 0. The first-order valence-electron chi connectivity index (χ1n) is 4.14. The molecule has 6 heteroatoms. The molecule has 1 N–H and O–H groups in total. The molecule has 80 valence electrons. The molecule has 0 atom stereocenters. The lowest BCUT2D eigenvalue weighted by Crippen LogP contribution is -2.10. The zero-order valence-electron chi connectivity index (χ0n) is 8.39. The largest absolute Gasteiger partial charge is 0.471 e. The molecule has 0 amide bonds. The van der Waals surface area contributed by atoms with E-state index in [1.165, 1.54) is 25.9 Å². The summed E-state index contributed by atoms with van der Waals surface area (Å²) in [4.78, 5) is 10.6. The number of hydrogen-bond acceptors (Lipinski definition) is 4. The highest BCUT2D eigenvalue weighted by atomic mass is 31.2. The number of rotatable bonds is 2. The van der Waals surface area contributed by atoms with Gasteiger partial charge in [0.15, 0.2) is 0 Å². The fourth-order valence-corrected chi connectivity index (χ4v) is 1.10. The maximum Gasteiger partial charge on any atom is 0.471 e. The molecule has 0 unspecified atom stereocenters. The first-order valence-corrected chi connectivity index (χ1v) is 5.64. The lowest BCUT2D eigenvalue weighted by atomic mass is 10.4. The summed E-state index contributed by atoms with van der Waals surface area (Å²) in [6.07, 6.45) is 2.83. The van der Waals surface area contributed by atoms with Crippen molar-refractivity contribution in [2.45, 2.75) is 12.8 Å².